The molecule has 0 saturated carbocycles. The summed E-state index contributed by atoms with van der Waals surface area (Å²) in [7, 11) is 1.65. The van der Waals surface area contributed by atoms with E-state index < -0.39 is 0 Å². The topological polar surface area (TPSA) is 84.4 Å². The first kappa shape index (κ1) is 17.2. The summed E-state index contributed by atoms with van der Waals surface area (Å²) in [6.07, 6.45) is 0. The number of nitrogen functional groups attached to an aromatic ring is 1. The van der Waals surface area contributed by atoms with Gasteiger partial charge in [0.1, 0.15) is 0 Å². The first-order chi connectivity index (χ1) is 9.66. The third-order valence-electron chi connectivity index (χ3n) is 2.47. The van der Waals surface area contributed by atoms with Crippen molar-refractivity contribution in [1.29, 1.82) is 0 Å². The molecule has 0 bridgehead atoms. The fourth-order valence-electron chi connectivity index (χ4n) is 1.53. The van der Waals surface area contributed by atoms with Gasteiger partial charge in [-0.2, -0.15) is 0 Å². The van der Waals surface area contributed by atoms with E-state index in [-0.39, 0.29) is 6.04 Å². The van der Waals surface area contributed by atoms with Crippen molar-refractivity contribution in [2.45, 2.75) is 25.0 Å². The van der Waals surface area contributed by atoms with E-state index in [4.69, 9.17) is 19.9 Å². The number of hydrogen-bond donors (Lipinski definition) is 1. The van der Waals surface area contributed by atoms with Crippen LogP contribution in [0.25, 0.3) is 0 Å². The first-order valence-corrected chi connectivity index (χ1v) is 7.63. The molecule has 0 aliphatic rings. The number of rotatable bonds is 11. The standard InChI is InChI=1S/C12H24N4O3S/c1-10(2)16-11(13)14-15-12(16)20-9-8-19-7-6-18-5-4-17-3/h10H,4-9H2,1-3H3,(H2,13,14). The van der Waals surface area contributed by atoms with Crippen LogP contribution in [0.5, 0.6) is 0 Å². The molecule has 0 aromatic carbocycles. The Bertz CT molecular complexity index is 374. The molecule has 0 unspecified atom stereocenters. The third kappa shape index (κ3) is 6.08. The predicted molar refractivity (Wildman–Crippen MR) is 79.1 cm³/mol. The Balaban J connectivity index is 2.10. The lowest BCUT2D eigenvalue weighted by molar-refractivity contribution is 0.0286. The zero-order valence-corrected chi connectivity index (χ0v) is 13.2. The molecule has 0 aliphatic carbocycles. The molecular formula is C12H24N4O3S. The molecule has 0 spiro atoms. The highest BCUT2D eigenvalue weighted by Crippen LogP contribution is 2.22. The van der Waals surface area contributed by atoms with Gasteiger partial charge in [-0.3, -0.25) is 4.57 Å². The van der Waals surface area contributed by atoms with Crippen LogP contribution in [0, 0.1) is 0 Å². The van der Waals surface area contributed by atoms with Crippen LogP contribution in [0.3, 0.4) is 0 Å². The lowest BCUT2D eigenvalue weighted by Gasteiger charge is -2.11. The normalized spacial score (nSPS) is 11.4. The fourth-order valence-corrected chi connectivity index (χ4v) is 2.45. The second-order valence-corrected chi connectivity index (χ2v) is 5.43. The Hall–Kier alpha value is -0.830. The van der Waals surface area contributed by atoms with Gasteiger partial charge in [0.15, 0.2) is 5.16 Å². The average Bonchev–Trinajstić information content (AvgIpc) is 2.78. The molecule has 0 radical (unpaired) electrons. The van der Waals surface area contributed by atoms with Crippen LogP contribution >= 0.6 is 11.8 Å². The van der Waals surface area contributed by atoms with Crippen LogP contribution in [0.2, 0.25) is 0 Å². The highest BCUT2D eigenvalue weighted by molar-refractivity contribution is 7.99. The van der Waals surface area contributed by atoms with Crippen LogP contribution in [-0.4, -0.2) is 60.7 Å². The van der Waals surface area contributed by atoms with E-state index in [0.717, 1.165) is 10.9 Å². The summed E-state index contributed by atoms with van der Waals surface area (Å²) >= 11 is 1.59. The van der Waals surface area contributed by atoms with Crippen molar-refractivity contribution in [2.75, 3.05) is 51.6 Å². The van der Waals surface area contributed by atoms with Gasteiger partial charge in [-0.1, -0.05) is 11.8 Å². The van der Waals surface area contributed by atoms with E-state index in [1.807, 2.05) is 4.57 Å². The van der Waals surface area contributed by atoms with Gasteiger partial charge < -0.3 is 19.9 Å². The number of hydrogen-bond acceptors (Lipinski definition) is 7. The SMILES string of the molecule is COCCOCCOCCSc1nnc(N)n1C(C)C. The Morgan fingerprint density at radius 3 is 2.40 bits per heavy atom. The van der Waals surface area contributed by atoms with E-state index in [1.54, 1.807) is 18.9 Å². The molecule has 7 nitrogen and oxygen atoms in total. The summed E-state index contributed by atoms with van der Waals surface area (Å²) < 4.78 is 17.5. The van der Waals surface area contributed by atoms with Crippen molar-refractivity contribution in [3.05, 3.63) is 0 Å². The predicted octanol–water partition coefficient (Wildman–Crippen LogP) is 1.21. The van der Waals surface area contributed by atoms with Gasteiger partial charge >= 0.3 is 0 Å². The maximum atomic E-state index is 5.77. The van der Waals surface area contributed by atoms with Crippen molar-refractivity contribution in [3.8, 4) is 0 Å². The molecule has 116 valence electrons. The van der Waals surface area contributed by atoms with Crippen molar-refractivity contribution in [2.24, 2.45) is 0 Å². The zero-order chi connectivity index (χ0) is 14.8. The maximum Gasteiger partial charge on any atom is 0.222 e. The number of methoxy groups -OCH3 is 1. The van der Waals surface area contributed by atoms with Crippen LogP contribution in [0.15, 0.2) is 5.16 Å². The van der Waals surface area contributed by atoms with E-state index >= 15 is 0 Å². The molecule has 0 saturated heterocycles. The van der Waals surface area contributed by atoms with Crippen LogP contribution in [0.4, 0.5) is 5.95 Å². The molecule has 1 heterocycles. The van der Waals surface area contributed by atoms with Gasteiger partial charge in [0.05, 0.1) is 33.0 Å². The second kappa shape index (κ2) is 9.98. The summed E-state index contributed by atoms with van der Waals surface area (Å²) in [5.41, 5.74) is 5.77. The molecule has 0 atom stereocenters. The minimum atomic E-state index is 0.252. The highest BCUT2D eigenvalue weighted by Gasteiger charge is 2.12. The molecule has 20 heavy (non-hydrogen) atoms. The lowest BCUT2D eigenvalue weighted by Crippen LogP contribution is -2.10. The van der Waals surface area contributed by atoms with Crippen molar-refractivity contribution >= 4 is 17.7 Å². The number of nitrogens with two attached hydrogens (primary N) is 1. The second-order valence-electron chi connectivity index (χ2n) is 4.37. The molecule has 1 aromatic heterocycles. The largest absolute Gasteiger partial charge is 0.382 e. The van der Waals surface area contributed by atoms with Gasteiger partial charge in [0.25, 0.3) is 0 Å². The Labute approximate surface area is 124 Å². The zero-order valence-electron chi connectivity index (χ0n) is 12.4. The van der Waals surface area contributed by atoms with E-state index in [2.05, 4.69) is 24.0 Å². The monoisotopic (exact) mass is 304 g/mol. The first-order valence-electron chi connectivity index (χ1n) is 6.64. The third-order valence-corrected chi connectivity index (χ3v) is 3.38. The smallest absolute Gasteiger partial charge is 0.222 e. The summed E-state index contributed by atoms with van der Waals surface area (Å²) in [4.78, 5) is 0. The molecule has 0 fully saturated rings. The molecule has 1 rings (SSSR count). The summed E-state index contributed by atoms with van der Waals surface area (Å²) in [6, 6.07) is 0.252. The van der Waals surface area contributed by atoms with E-state index in [9.17, 15) is 0 Å². The summed E-state index contributed by atoms with van der Waals surface area (Å²) in [5.74, 6) is 1.26. The van der Waals surface area contributed by atoms with Crippen molar-refractivity contribution < 1.29 is 14.2 Å². The van der Waals surface area contributed by atoms with Gasteiger partial charge in [-0.15, -0.1) is 10.2 Å². The lowest BCUT2D eigenvalue weighted by atomic mass is 10.4. The van der Waals surface area contributed by atoms with Gasteiger partial charge in [0, 0.05) is 18.9 Å². The van der Waals surface area contributed by atoms with E-state index in [0.29, 0.717) is 39.0 Å². The van der Waals surface area contributed by atoms with E-state index in [1.165, 1.54) is 0 Å². The number of nitrogens with zero attached hydrogens (tertiary/aromatic N) is 3. The highest BCUT2D eigenvalue weighted by atomic mass is 32.2. The summed E-state index contributed by atoms with van der Waals surface area (Å²) in [6.45, 7) is 7.14. The quantitative estimate of drug-likeness (QED) is 0.486. The maximum absolute atomic E-state index is 5.77. The van der Waals surface area contributed by atoms with Crippen molar-refractivity contribution in [3.63, 3.8) is 0 Å². The molecule has 8 heteroatoms. The average molecular weight is 304 g/mol. The number of thioether (sulfide) groups is 1. The van der Waals surface area contributed by atoms with Gasteiger partial charge in [-0.05, 0) is 13.8 Å². The van der Waals surface area contributed by atoms with Crippen LogP contribution < -0.4 is 5.73 Å². The van der Waals surface area contributed by atoms with Crippen molar-refractivity contribution in [1.82, 2.24) is 14.8 Å². The number of aromatic nitrogens is 3. The molecular weight excluding hydrogens is 280 g/mol. The molecule has 2 N–H and O–H groups in total. The number of ether oxygens (including phenoxy) is 3. The van der Waals surface area contributed by atoms with Crippen LogP contribution in [0.1, 0.15) is 19.9 Å². The Morgan fingerprint density at radius 2 is 1.75 bits per heavy atom. The minimum absolute atomic E-state index is 0.252. The summed E-state index contributed by atoms with van der Waals surface area (Å²) in [5, 5.41) is 8.78. The molecule has 1 aromatic rings. The molecule has 0 aliphatic heterocycles. The van der Waals surface area contributed by atoms with Gasteiger partial charge in [-0.25, -0.2) is 0 Å². The van der Waals surface area contributed by atoms with Crippen LogP contribution in [-0.2, 0) is 14.2 Å². The fraction of sp³-hybridized carbons (Fsp3) is 0.833. The minimum Gasteiger partial charge on any atom is -0.382 e. The Kier molecular flexibility index (Phi) is 8.59. The Morgan fingerprint density at radius 1 is 1.10 bits per heavy atom. The van der Waals surface area contributed by atoms with Gasteiger partial charge in [0.2, 0.25) is 5.95 Å². The number of anilines is 1. The molecule has 0 amide bonds.